The monoisotopic (exact) mass is 353 g/mol. The second-order valence-corrected chi connectivity index (χ2v) is 7.62. The molecule has 2 rings (SSSR count). The van der Waals surface area contributed by atoms with Gasteiger partial charge in [0.1, 0.15) is 0 Å². The van der Waals surface area contributed by atoms with Crippen LogP contribution in [0.25, 0.3) is 0 Å². The Morgan fingerprint density at radius 2 is 1.65 bits per heavy atom. The van der Waals surface area contributed by atoms with E-state index in [9.17, 15) is 0 Å². The van der Waals surface area contributed by atoms with Crippen LogP contribution in [0, 0.1) is 0 Å². The van der Waals surface area contributed by atoms with Crippen molar-refractivity contribution in [2.75, 3.05) is 0 Å². The third-order valence-corrected chi connectivity index (χ3v) is 3.59. The minimum Gasteiger partial charge on any atom is -0.261 e. The largest absolute Gasteiger partial charge is 0.261 e. The summed E-state index contributed by atoms with van der Waals surface area (Å²) in [6.07, 6.45) is 6.84. The first-order valence-electron chi connectivity index (χ1n) is 7.63. The second kappa shape index (κ2) is 7.36. The number of aliphatic imine (C=N–C) groups is 1. The fourth-order valence-electron chi connectivity index (χ4n) is 2.25. The molecule has 0 fully saturated rings. The van der Waals surface area contributed by atoms with Gasteiger partial charge in [-0.25, -0.2) is 0 Å². The minimum atomic E-state index is 0. The summed E-state index contributed by atoms with van der Waals surface area (Å²) in [7, 11) is 0. The summed E-state index contributed by atoms with van der Waals surface area (Å²) in [5.74, 6) is 0. The van der Waals surface area contributed by atoms with Crippen LogP contribution in [0.1, 0.15) is 58.4 Å². The van der Waals surface area contributed by atoms with Crippen LogP contribution < -0.4 is 0 Å². The van der Waals surface area contributed by atoms with E-state index in [2.05, 4.69) is 74.7 Å². The van der Waals surface area contributed by atoms with Crippen LogP contribution in [0.3, 0.4) is 0 Å². The Bertz CT molecular complexity index is 665. The number of nitrogens with zero attached hydrogens (tertiary/aromatic N) is 3. The van der Waals surface area contributed by atoms with Crippen molar-refractivity contribution in [3.8, 4) is 0 Å². The van der Waals surface area contributed by atoms with Crippen molar-refractivity contribution in [2.45, 2.75) is 52.4 Å². The van der Waals surface area contributed by atoms with E-state index >= 15 is 0 Å². The van der Waals surface area contributed by atoms with Gasteiger partial charge in [0.05, 0.1) is 23.8 Å². The van der Waals surface area contributed by atoms with Gasteiger partial charge >= 0.3 is 0 Å². The van der Waals surface area contributed by atoms with Crippen LogP contribution in [0.2, 0.25) is 0 Å². The molecule has 0 radical (unpaired) electrons. The van der Waals surface area contributed by atoms with Crippen molar-refractivity contribution in [3.05, 3.63) is 53.6 Å². The quantitative estimate of drug-likeness (QED) is 0.573. The third-order valence-electron chi connectivity index (χ3n) is 3.59. The van der Waals surface area contributed by atoms with E-state index in [0.29, 0.717) is 0 Å². The van der Waals surface area contributed by atoms with E-state index in [0.717, 1.165) is 11.4 Å². The minimum absolute atomic E-state index is 0. The average molecular weight is 354 g/mol. The van der Waals surface area contributed by atoms with Crippen molar-refractivity contribution in [1.82, 2.24) is 9.97 Å². The molecule has 1 aromatic heterocycles. The van der Waals surface area contributed by atoms with E-state index in [-0.39, 0.29) is 27.3 Å². The molecule has 0 aliphatic heterocycles. The number of rotatable bonds is 2. The van der Waals surface area contributed by atoms with Gasteiger partial charge in [0.25, 0.3) is 0 Å². The van der Waals surface area contributed by atoms with Crippen LogP contribution in [0.4, 0.5) is 5.69 Å². The molecule has 0 aliphatic rings. The summed E-state index contributed by atoms with van der Waals surface area (Å²) >= 11 is 0. The predicted molar refractivity (Wildman–Crippen MR) is 93.1 cm³/mol. The van der Waals surface area contributed by atoms with Crippen molar-refractivity contribution in [2.24, 2.45) is 4.99 Å². The van der Waals surface area contributed by atoms with Crippen molar-refractivity contribution >= 4 is 11.9 Å². The zero-order chi connectivity index (χ0) is 16.4. The molecule has 0 aliphatic carbocycles. The Kier molecular flexibility index (Phi) is 6.24. The van der Waals surface area contributed by atoms with Crippen LogP contribution >= 0.6 is 0 Å². The van der Waals surface area contributed by atoms with Gasteiger partial charge < -0.3 is 0 Å². The zero-order valence-electron chi connectivity index (χ0n) is 14.7. The maximum atomic E-state index is 4.69. The molecule has 1 aromatic carbocycles. The summed E-state index contributed by atoms with van der Waals surface area (Å²) in [6, 6.07) is 6.60. The Labute approximate surface area is 149 Å². The van der Waals surface area contributed by atoms with Gasteiger partial charge in [0, 0.05) is 28.9 Å². The average Bonchev–Trinajstić information content (AvgIpc) is 2.44. The fraction of sp³-hybridized carbons (Fsp3) is 0.421. The normalized spacial score (nSPS) is 12.3. The number of hydrogen-bond donors (Lipinski definition) is 0. The summed E-state index contributed by atoms with van der Waals surface area (Å²) in [4.78, 5) is 13.0. The first-order chi connectivity index (χ1) is 10.2. The number of hydrogen-bond acceptors (Lipinski definition) is 3. The van der Waals surface area contributed by atoms with E-state index in [1.807, 2.05) is 0 Å². The van der Waals surface area contributed by atoms with Crippen molar-refractivity contribution in [3.63, 3.8) is 0 Å². The molecular formula is C19H25N3Ni. The SMILES string of the molecule is CC(C)(C)c1ccc(C(C)(C)C)c(N=Cc2cnccn2)c1.[Ni]. The van der Waals surface area contributed by atoms with Gasteiger partial charge in [-0.3, -0.25) is 15.0 Å². The molecule has 126 valence electrons. The van der Waals surface area contributed by atoms with Gasteiger partial charge in [-0.05, 0) is 28.0 Å². The van der Waals surface area contributed by atoms with Gasteiger partial charge in [-0.2, -0.15) is 0 Å². The first-order valence-corrected chi connectivity index (χ1v) is 7.63. The number of benzene rings is 1. The Morgan fingerprint density at radius 1 is 0.957 bits per heavy atom. The van der Waals surface area contributed by atoms with E-state index in [1.54, 1.807) is 24.8 Å². The Hall–Kier alpha value is -1.54. The summed E-state index contributed by atoms with van der Waals surface area (Å²) < 4.78 is 0. The molecule has 0 spiro atoms. The second-order valence-electron chi connectivity index (χ2n) is 7.62. The smallest absolute Gasteiger partial charge is 0.0995 e. The van der Waals surface area contributed by atoms with Crippen LogP contribution in [-0.2, 0) is 27.3 Å². The maximum Gasteiger partial charge on any atom is 0.0995 e. The molecule has 0 saturated heterocycles. The molecule has 1 heterocycles. The van der Waals surface area contributed by atoms with Crippen molar-refractivity contribution < 1.29 is 16.5 Å². The maximum absolute atomic E-state index is 4.69. The Morgan fingerprint density at radius 3 is 2.17 bits per heavy atom. The molecule has 0 saturated carbocycles. The van der Waals surface area contributed by atoms with Gasteiger partial charge in [0.15, 0.2) is 0 Å². The van der Waals surface area contributed by atoms with Crippen LogP contribution in [0.5, 0.6) is 0 Å². The van der Waals surface area contributed by atoms with Gasteiger partial charge in [0.2, 0.25) is 0 Å². The van der Waals surface area contributed by atoms with E-state index in [1.165, 1.54) is 11.1 Å². The zero-order valence-corrected chi connectivity index (χ0v) is 15.7. The topological polar surface area (TPSA) is 38.1 Å². The molecule has 0 atom stereocenters. The summed E-state index contributed by atoms with van der Waals surface area (Å²) in [5, 5.41) is 0. The molecule has 23 heavy (non-hydrogen) atoms. The van der Waals surface area contributed by atoms with Gasteiger partial charge in [-0.15, -0.1) is 0 Å². The Balaban J connectivity index is 0.00000264. The van der Waals surface area contributed by atoms with Crippen LogP contribution in [-0.4, -0.2) is 16.2 Å². The molecule has 2 aromatic rings. The third kappa shape index (κ3) is 5.25. The van der Waals surface area contributed by atoms with E-state index < -0.39 is 0 Å². The van der Waals surface area contributed by atoms with Crippen molar-refractivity contribution in [1.29, 1.82) is 0 Å². The van der Waals surface area contributed by atoms with E-state index in [4.69, 9.17) is 0 Å². The fourth-order valence-corrected chi connectivity index (χ4v) is 2.25. The first kappa shape index (κ1) is 19.5. The predicted octanol–water partition coefficient (Wildman–Crippen LogP) is 4.82. The summed E-state index contributed by atoms with van der Waals surface area (Å²) in [6.45, 7) is 13.3. The summed E-state index contributed by atoms with van der Waals surface area (Å²) in [5.41, 5.74) is 4.44. The molecular weight excluding hydrogens is 329 g/mol. The molecule has 0 bridgehead atoms. The van der Waals surface area contributed by atoms with Crippen LogP contribution in [0.15, 0.2) is 41.8 Å². The standard InChI is InChI=1S/C19H25N3.Ni/c1-18(2,3)14-7-8-16(19(4,5)6)17(11-14)22-13-15-12-20-9-10-21-15;/h7-13H,1-6H3;. The molecule has 0 unspecified atom stereocenters. The van der Waals surface area contributed by atoms with Gasteiger partial charge in [-0.1, -0.05) is 53.7 Å². The molecule has 0 N–H and O–H groups in total. The molecule has 4 heteroatoms. The number of aromatic nitrogens is 2. The molecule has 0 amide bonds. The molecule has 3 nitrogen and oxygen atoms in total.